The van der Waals surface area contributed by atoms with Crippen molar-refractivity contribution >= 4 is 17.4 Å². The number of halogens is 1. The largest absolute Gasteiger partial charge is 0.381 e. The molecule has 21 heavy (non-hydrogen) atoms. The van der Waals surface area contributed by atoms with Gasteiger partial charge in [0.1, 0.15) is 5.82 Å². The van der Waals surface area contributed by atoms with Crippen molar-refractivity contribution in [2.45, 2.75) is 38.3 Å². The number of ether oxygens (including phenoxy) is 1. The Hall–Kier alpha value is -0.840. The molecule has 1 aliphatic carbocycles. The molecule has 0 unspecified atom stereocenters. The molecule has 2 heterocycles. The summed E-state index contributed by atoms with van der Waals surface area (Å²) in [6.45, 7) is 3.66. The highest BCUT2D eigenvalue weighted by Gasteiger charge is 2.21. The van der Waals surface area contributed by atoms with E-state index in [0.29, 0.717) is 12.0 Å². The lowest BCUT2D eigenvalue weighted by Gasteiger charge is -2.28. The SMILES string of the molecule is CN(CC1CCOCC1)c1cc(CNC2CC2)c(Cl)cn1. The van der Waals surface area contributed by atoms with E-state index in [1.54, 1.807) is 6.20 Å². The summed E-state index contributed by atoms with van der Waals surface area (Å²) in [4.78, 5) is 6.73. The first-order chi connectivity index (χ1) is 10.2. The summed E-state index contributed by atoms with van der Waals surface area (Å²) in [6, 6.07) is 2.81. The second-order valence-electron chi connectivity index (χ2n) is 6.23. The van der Waals surface area contributed by atoms with Crippen molar-refractivity contribution in [1.29, 1.82) is 0 Å². The van der Waals surface area contributed by atoms with Crippen LogP contribution in [0.2, 0.25) is 5.02 Å². The molecule has 0 amide bonds. The molecule has 116 valence electrons. The third-order valence-electron chi connectivity index (χ3n) is 4.34. The first kappa shape index (κ1) is 15.1. The third kappa shape index (κ3) is 4.31. The Morgan fingerprint density at radius 3 is 2.81 bits per heavy atom. The summed E-state index contributed by atoms with van der Waals surface area (Å²) in [7, 11) is 2.11. The van der Waals surface area contributed by atoms with Crippen molar-refractivity contribution < 1.29 is 4.74 Å². The van der Waals surface area contributed by atoms with Crippen molar-refractivity contribution in [2.24, 2.45) is 5.92 Å². The smallest absolute Gasteiger partial charge is 0.128 e. The van der Waals surface area contributed by atoms with Gasteiger partial charge in [0.15, 0.2) is 0 Å². The van der Waals surface area contributed by atoms with E-state index in [2.05, 4.69) is 28.3 Å². The summed E-state index contributed by atoms with van der Waals surface area (Å²) in [5.74, 6) is 1.72. The van der Waals surface area contributed by atoms with E-state index in [4.69, 9.17) is 16.3 Å². The first-order valence-electron chi connectivity index (χ1n) is 7.89. The van der Waals surface area contributed by atoms with Crippen LogP contribution >= 0.6 is 11.6 Å². The minimum Gasteiger partial charge on any atom is -0.381 e. The molecule has 2 fully saturated rings. The number of nitrogens with zero attached hydrogens (tertiary/aromatic N) is 2. The maximum atomic E-state index is 6.26. The minimum atomic E-state index is 0.692. The van der Waals surface area contributed by atoms with Crippen LogP contribution in [-0.4, -0.2) is 37.8 Å². The fourth-order valence-electron chi connectivity index (χ4n) is 2.76. The molecule has 0 spiro atoms. The number of aromatic nitrogens is 1. The van der Waals surface area contributed by atoms with Gasteiger partial charge in [-0.3, -0.25) is 0 Å². The molecule has 1 N–H and O–H groups in total. The van der Waals surface area contributed by atoms with Gasteiger partial charge in [-0.1, -0.05) is 11.6 Å². The molecule has 1 aromatic heterocycles. The number of anilines is 1. The zero-order valence-corrected chi connectivity index (χ0v) is 13.4. The zero-order valence-electron chi connectivity index (χ0n) is 12.6. The van der Waals surface area contributed by atoms with Crippen molar-refractivity contribution in [3.8, 4) is 0 Å². The van der Waals surface area contributed by atoms with Crippen LogP contribution in [0.15, 0.2) is 12.3 Å². The summed E-state index contributed by atoms with van der Waals surface area (Å²) >= 11 is 6.26. The molecule has 0 radical (unpaired) electrons. The Balaban J connectivity index is 1.61. The van der Waals surface area contributed by atoms with Crippen LogP contribution in [0.1, 0.15) is 31.2 Å². The van der Waals surface area contributed by atoms with Gasteiger partial charge >= 0.3 is 0 Å². The Bertz CT molecular complexity index is 473. The summed E-state index contributed by atoms with van der Waals surface area (Å²) in [5, 5.41) is 4.27. The Labute approximate surface area is 131 Å². The molecule has 3 rings (SSSR count). The van der Waals surface area contributed by atoms with Gasteiger partial charge in [0.05, 0.1) is 5.02 Å². The van der Waals surface area contributed by atoms with E-state index in [-0.39, 0.29) is 0 Å². The highest BCUT2D eigenvalue weighted by molar-refractivity contribution is 6.31. The molecule has 1 saturated heterocycles. The van der Waals surface area contributed by atoms with Gasteiger partial charge in [-0.2, -0.15) is 0 Å². The van der Waals surface area contributed by atoms with Gasteiger partial charge in [-0.05, 0) is 43.2 Å². The zero-order chi connectivity index (χ0) is 14.7. The predicted molar refractivity (Wildman–Crippen MR) is 85.9 cm³/mol. The molecule has 1 aliphatic heterocycles. The molecule has 2 aliphatic rings. The van der Waals surface area contributed by atoms with Crippen LogP contribution in [-0.2, 0) is 11.3 Å². The summed E-state index contributed by atoms with van der Waals surface area (Å²) < 4.78 is 5.42. The van der Waals surface area contributed by atoms with E-state index >= 15 is 0 Å². The average Bonchev–Trinajstić information content (AvgIpc) is 3.31. The summed E-state index contributed by atoms with van der Waals surface area (Å²) in [5.41, 5.74) is 1.15. The topological polar surface area (TPSA) is 37.4 Å². The first-order valence-corrected chi connectivity index (χ1v) is 8.27. The average molecular weight is 310 g/mol. The van der Waals surface area contributed by atoms with Crippen molar-refractivity contribution in [2.75, 3.05) is 31.7 Å². The van der Waals surface area contributed by atoms with E-state index in [1.807, 2.05) is 0 Å². The fraction of sp³-hybridized carbons (Fsp3) is 0.688. The summed E-state index contributed by atoms with van der Waals surface area (Å²) in [6.07, 6.45) is 6.65. The number of rotatable bonds is 6. The number of nitrogens with one attached hydrogen (secondary N) is 1. The highest BCUT2D eigenvalue weighted by Crippen LogP contribution is 2.24. The van der Waals surface area contributed by atoms with Crippen LogP contribution in [0, 0.1) is 5.92 Å². The maximum absolute atomic E-state index is 6.26. The van der Waals surface area contributed by atoms with Gasteiger partial charge in [-0.25, -0.2) is 4.98 Å². The van der Waals surface area contributed by atoms with Gasteiger partial charge in [0.25, 0.3) is 0 Å². The standard InChI is InChI=1S/C16H24ClN3O/c1-20(11-12-4-6-21-7-5-12)16-8-13(15(17)10-19-16)9-18-14-2-3-14/h8,10,12,14,18H,2-7,9,11H2,1H3. The molecular weight excluding hydrogens is 286 g/mol. The second-order valence-corrected chi connectivity index (χ2v) is 6.63. The highest BCUT2D eigenvalue weighted by atomic mass is 35.5. The third-order valence-corrected chi connectivity index (χ3v) is 4.68. The second kappa shape index (κ2) is 6.95. The van der Waals surface area contributed by atoms with Crippen LogP contribution in [0.3, 0.4) is 0 Å². The monoisotopic (exact) mass is 309 g/mol. The van der Waals surface area contributed by atoms with Gasteiger partial charge in [0.2, 0.25) is 0 Å². The normalized spacial score (nSPS) is 19.7. The molecule has 0 aromatic carbocycles. The lowest BCUT2D eigenvalue weighted by atomic mass is 10.00. The quantitative estimate of drug-likeness (QED) is 0.877. The van der Waals surface area contributed by atoms with Gasteiger partial charge < -0.3 is 15.0 Å². The van der Waals surface area contributed by atoms with Crippen molar-refractivity contribution in [3.05, 3.63) is 22.8 Å². The van der Waals surface area contributed by atoms with Gasteiger partial charge in [0, 0.05) is 45.6 Å². The molecule has 1 saturated carbocycles. The molecular formula is C16H24ClN3O. The lowest BCUT2D eigenvalue weighted by molar-refractivity contribution is 0.0685. The minimum absolute atomic E-state index is 0.692. The van der Waals surface area contributed by atoms with E-state index in [9.17, 15) is 0 Å². The number of pyridine rings is 1. The van der Waals surface area contributed by atoms with Crippen molar-refractivity contribution in [3.63, 3.8) is 0 Å². The van der Waals surface area contributed by atoms with Gasteiger partial charge in [-0.15, -0.1) is 0 Å². The molecule has 4 nitrogen and oxygen atoms in total. The Kier molecular flexibility index (Phi) is 4.99. The van der Waals surface area contributed by atoms with E-state index < -0.39 is 0 Å². The molecule has 0 atom stereocenters. The lowest BCUT2D eigenvalue weighted by Crippen LogP contribution is -2.30. The fourth-order valence-corrected chi connectivity index (χ4v) is 2.93. The number of hydrogen-bond donors (Lipinski definition) is 1. The number of hydrogen-bond acceptors (Lipinski definition) is 4. The van der Waals surface area contributed by atoms with Crippen LogP contribution in [0.25, 0.3) is 0 Å². The van der Waals surface area contributed by atoms with Crippen LogP contribution in [0.5, 0.6) is 0 Å². The molecule has 5 heteroatoms. The van der Waals surface area contributed by atoms with Crippen LogP contribution < -0.4 is 10.2 Å². The van der Waals surface area contributed by atoms with Crippen LogP contribution in [0.4, 0.5) is 5.82 Å². The van der Waals surface area contributed by atoms with E-state index in [1.165, 1.54) is 12.8 Å². The molecule has 1 aromatic rings. The molecule has 0 bridgehead atoms. The van der Waals surface area contributed by atoms with Crippen molar-refractivity contribution in [1.82, 2.24) is 10.3 Å². The Morgan fingerprint density at radius 1 is 1.33 bits per heavy atom. The maximum Gasteiger partial charge on any atom is 0.128 e. The predicted octanol–water partition coefficient (Wildman–Crippen LogP) is 2.85. The Morgan fingerprint density at radius 2 is 2.10 bits per heavy atom. The van der Waals surface area contributed by atoms with E-state index in [0.717, 1.165) is 55.5 Å².